The van der Waals surface area contributed by atoms with Crippen LogP contribution in [0.1, 0.15) is 35.3 Å². The van der Waals surface area contributed by atoms with E-state index >= 15 is 0 Å². The summed E-state index contributed by atoms with van der Waals surface area (Å²) in [5.41, 5.74) is 9.39. The molecule has 1 heterocycles. The van der Waals surface area contributed by atoms with Crippen molar-refractivity contribution in [2.45, 2.75) is 26.8 Å². The summed E-state index contributed by atoms with van der Waals surface area (Å²) in [6, 6.07) is 8.43. The summed E-state index contributed by atoms with van der Waals surface area (Å²) in [7, 11) is 0. The van der Waals surface area contributed by atoms with E-state index in [0.717, 1.165) is 16.8 Å². The number of nitriles is 1. The molecule has 3 nitrogen and oxygen atoms in total. The van der Waals surface area contributed by atoms with Gasteiger partial charge in [-0.05, 0) is 44.0 Å². The zero-order chi connectivity index (χ0) is 14.2. The zero-order valence-corrected chi connectivity index (χ0v) is 11.2. The van der Waals surface area contributed by atoms with Gasteiger partial charge in [0.05, 0.1) is 11.6 Å². The van der Waals surface area contributed by atoms with E-state index in [1.54, 1.807) is 12.1 Å². The van der Waals surface area contributed by atoms with Gasteiger partial charge in [-0.25, -0.2) is 4.39 Å². The van der Waals surface area contributed by atoms with Crippen LogP contribution < -0.4 is 5.73 Å². The minimum absolute atomic E-state index is 0.0404. The number of hydrogen-bond donors (Lipinski definition) is 1. The van der Waals surface area contributed by atoms with E-state index in [0.29, 0.717) is 11.4 Å². The second-order valence-corrected chi connectivity index (χ2v) is 4.68. The van der Waals surface area contributed by atoms with Gasteiger partial charge in [0.25, 0.3) is 0 Å². The Morgan fingerprint density at radius 1 is 1.26 bits per heavy atom. The molecule has 0 aliphatic carbocycles. The highest BCUT2D eigenvalue weighted by Crippen LogP contribution is 2.30. The summed E-state index contributed by atoms with van der Waals surface area (Å²) in [5.74, 6) is 0.205. The molecule has 0 saturated carbocycles. The van der Waals surface area contributed by atoms with Gasteiger partial charge in [-0.3, -0.25) is 0 Å². The summed E-state index contributed by atoms with van der Waals surface area (Å²) < 4.78 is 14.9. The molecule has 1 aromatic heterocycles. The second-order valence-electron chi connectivity index (χ2n) is 4.68. The molecule has 1 atom stereocenters. The number of hydrogen-bond acceptors (Lipinski definition) is 2. The topological polar surface area (TPSA) is 54.7 Å². The molecule has 0 radical (unpaired) electrons. The lowest BCUT2D eigenvalue weighted by Gasteiger charge is -2.18. The lowest BCUT2D eigenvalue weighted by atomic mass is 10.1. The molecule has 2 N–H and O–H groups in total. The van der Waals surface area contributed by atoms with Crippen molar-refractivity contribution >= 4 is 5.82 Å². The molecule has 1 aromatic carbocycles. The molecule has 0 bridgehead atoms. The van der Waals surface area contributed by atoms with E-state index in [-0.39, 0.29) is 11.9 Å². The zero-order valence-electron chi connectivity index (χ0n) is 11.2. The second kappa shape index (κ2) is 4.77. The highest BCUT2D eigenvalue weighted by molar-refractivity contribution is 5.58. The molecule has 4 heteroatoms. The Balaban J connectivity index is 2.54. The van der Waals surface area contributed by atoms with Crippen LogP contribution in [-0.2, 0) is 0 Å². The van der Waals surface area contributed by atoms with Crippen molar-refractivity contribution in [3.63, 3.8) is 0 Å². The van der Waals surface area contributed by atoms with E-state index in [1.165, 1.54) is 12.1 Å². The van der Waals surface area contributed by atoms with Crippen molar-refractivity contribution in [3.8, 4) is 6.07 Å². The van der Waals surface area contributed by atoms with Crippen LogP contribution in [0.25, 0.3) is 0 Å². The fourth-order valence-corrected chi connectivity index (χ4v) is 2.39. The van der Waals surface area contributed by atoms with E-state index in [2.05, 4.69) is 6.07 Å². The quantitative estimate of drug-likeness (QED) is 0.897. The van der Waals surface area contributed by atoms with Crippen molar-refractivity contribution in [2.24, 2.45) is 0 Å². The first-order valence-corrected chi connectivity index (χ1v) is 6.09. The minimum atomic E-state index is -0.262. The number of aromatic nitrogens is 1. The van der Waals surface area contributed by atoms with Crippen molar-refractivity contribution < 1.29 is 4.39 Å². The van der Waals surface area contributed by atoms with Gasteiger partial charge in [0.15, 0.2) is 0 Å². The Labute approximate surface area is 112 Å². The van der Waals surface area contributed by atoms with Crippen LogP contribution in [-0.4, -0.2) is 4.57 Å². The number of benzene rings is 1. The standard InChI is InChI=1S/C15H16FN3/c1-9-10(2)19(15(18)14(9)8-17)11(3)12-4-6-13(16)7-5-12/h4-7,11H,18H2,1-3H3. The van der Waals surface area contributed by atoms with Crippen LogP contribution in [0.5, 0.6) is 0 Å². The Morgan fingerprint density at radius 3 is 2.32 bits per heavy atom. The SMILES string of the molecule is Cc1c(C#N)c(N)n(C(C)c2ccc(F)cc2)c1C. The van der Waals surface area contributed by atoms with E-state index < -0.39 is 0 Å². The average molecular weight is 257 g/mol. The maximum Gasteiger partial charge on any atom is 0.123 e. The third-order valence-corrected chi connectivity index (χ3v) is 3.65. The smallest absolute Gasteiger partial charge is 0.123 e. The van der Waals surface area contributed by atoms with Crippen LogP contribution >= 0.6 is 0 Å². The molecular weight excluding hydrogens is 241 g/mol. The number of rotatable bonds is 2. The van der Waals surface area contributed by atoms with Gasteiger partial charge in [0, 0.05) is 5.69 Å². The first kappa shape index (κ1) is 13.2. The van der Waals surface area contributed by atoms with E-state index in [4.69, 9.17) is 11.0 Å². The fourth-order valence-electron chi connectivity index (χ4n) is 2.39. The highest BCUT2D eigenvalue weighted by atomic mass is 19.1. The van der Waals surface area contributed by atoms with Gasteiger partial charge in [-0.15, -0.1) is 0 Å². The third-order valence-electron chi connectivity index (χ3n) is 3.65. The lowest BCUT2D eigenvalue weighted by Crippen LogP contribution is -2.11. The number of nitrogen functional groups attached to an aromatic ring is 1. The number of anilines is 1. The van der Waals surface area contributed by atoms with Crippen LogP contribution in [0.3, 0.4) is 0 Å². The van der Waals surface area contributed by atoms with Crippen molar-refractivity contribution in [2.75, 3.05) is 5.73 Å². The Morgan fingerprint density at radius 2 is 1.84 bits per heavy atom. The molecule has 2 rings (SSSR count). The fraction of sp³-hybridized carbons (Fsp3) is 0.267. The molecular formula is C15H16FN3. The van der Waals surface area contributed by atoms with Gasteiger partial charge >= 0.3 is 0 Å². The van der Waals surface area contributed by atoms with E-state index in [9.17, 15) is 4.39 Å². The van der Waals surface area contributed by atoms with Crippen LogP contribution in [0, 0.1) is 31.0 Å². The maximum atomic E-state index is 13.0. The van der Waals surface area contributed by atoms with Gasteiger partial charge in [-0.2, -0.15) is 5.26 Å². The van der Waals surface area contributed by atoms with Gasteiger partial charge < -0.3 is 10.3 Å². The van der Waals surface area contributed by atoms with Crippen molar-refractivity contribution in [1.29, 1.82) is 5.26 Å². The predicted octanol–water partition coefficient (Wildman–Crippen LogP) is 3.31. The molecule has 1 unspecified atom stereocenters. The molecule has 0 aliphatic heterocycles. The first-order chi connectivity index (χ1) is 8.97. The number of nitrogens with zero attached hydrogens (tertiary/aromatic N) is 2. The average Bonchev–Trinajstić information content (AvgIpc) is 2.60. The Bertz CT molecular complexity index is 648. The summed E-state index contributed by atoms with van der Waals surface area (Å²) in [4.78, 5) is 0. The molecule has 19 heavy (non-hydrogen) atoms. The van der Waals surface area contributed by atoms with Crippen LogP contribution in [0.15, 0.2) is 24.3 Å². The Hall–Kier alpha value is -2.28. The summed E-state index contributed by atoms with van der Waals surface area (Å²) in [6.07, 6.45) is 0. The highest BCUT2D eigenvalue weighted by Gasteiger charge is 2.19. The van der Waals surface area contributed by atoms with Gasteiger partial charge in [-0.1, -0.05) is 12.1 Å². The van der Waals surface area contributed by atoms with Crippen molar-refractivity contribution in [3.05, 3.63) is 52.5 Å². The third kappa shape index (κ3) is 2.08. The largest absolute Gasteiger partial charge is 0.384 e. The molecule has 0 saturated heterocycles. The molecule has 0 spiro atoms. The van der Waals surface area contributed by atoms with Gasteiger partial charge in [0.2, 0.25) is 0 Å². The normalized spacial score (nSPS) is 12.2. The number of nitrogens with two attached hydrogens (primary N) is 1. The molecule has 0 fully saturated rings. The van der Waals surface area contributed by atoms with E-state index in [1.807, 2.05) is 25.3 Å². The van der Waals surface area contributed by atoms with Gasteiger partial charge in [0.1, 0.15) is 17.7 Å². The lowest BCUT2D eigenvalue weighted by molar-refractivity contribution is 0.613. The maximum absolute atomic E-state index is 13.0. The van der Waals surface area contributed by atoms with Crippen LogP contribution in [0.2, 0.25) is 0 Å². The summed E-state index contributed by atoms with van der Waals surface area (Å²) in [5, 5.41) is 9.13. The van der Waals surface area contributed by atoms with Crippen molar-refractivity contribution in [1.82, 2.24) is 4.57 Å². The first-order valence-electron chi connectivity index (χ1n) is 6.09. The summed E-state index contributed by atoms with van der Waals surface area (Å²) >= 11 is 0. The minimum Gasteiger partial charge on any atom is -0.384 e. The molecule has 2 aromatic rings. The molecule has 0 aliphatic rings. The predicted molar refractivity (Wildman–Crippen MR) is 73.2 cm³/mol. The Kier molecular flexibility index (Phi) is 3.30. The monoisotopic (exact) mass is 257 g/mol. The number of halogens is 1. The summed E-state index contributed by atoms with van der Waals surface area (Å²) in [6.45, 7) is 5.81. The van der Waals surface area contributed by atoms with Crippen LogP contribution in [0.4, 0.5) is 10.2 Å². The molecule has 0 amide bonds. The molecule has 98 valence electrons.